The molecule has 2 nitrogen and oxygen atoms in total. The molecule has 1 N–H and O–H groups in total. The predicted molar refractivity (Wildman–Crippen MR) is 80.2 cm³/mol. The molecule has 0 fully saturated rings. The number of furan rings is 1. The molecule has 0 spiro atoms. The fraction of sp³-hybridized carbons (Fsp3) is 0.429. The Morgan fingerprint density at radius 1 is 1.44 bits per heavy atom. The lowest BCUT2D eigenvalue weighted by Gasteiger charge is -2.16. The van der Waals surface area contributed by atoms with Crippen LogP contribution >= 0.6 is 27.3 Å². The molecule has 0 aliphatic heterocycles. The number of halogens is 1. The summed E-state index contributed by atoms with van der Waals surface area (Å²) < 4.78 is 6.59. The fourth-order valence-corrected chi connectivity index (χ4v) is 3.43. The van der Waals surface area contributed by atoms with Crippen molar-refractivity contribution in [3.63, 3.8) is 0 Å². The molecule has 2 heterocycles. The molecule has 98 valence electrons. The predicted octanol–water partition coefficient (Wildman–Crippen LogP) is 4.70. The normalized spacial score (nSPS) is 12.8. The fourth-order valence-electron chi connectivity index (χ4n) is 1.93. The van der Waals surface area contributed by atoms with E-state index in [-0.39, 0.29) is 0 Å². The van der Waals surface area contributed by atoms with E-state index in [1.165, 1.54) is 14.9 Å². The van der Waals surface area contributed by atoms with E-state index in [2.05, 4.69) is 45.7 Å². The highest BCUT2D eigenvalue weighted by molar-refractivity contribution is 9.10. The smallest absolute Gasteiger partial charge is 0.101 e. The third-order valence-corrected chi connectivity index (χ3v) is 4.54. The molecule has 0 aliphatic rings. The minimum absolute atomic E-state index is 0.341. The molecule has 1 atom stereocenters. The van der Waals surface area contributed by atoms with E-state index in [4.69, 9.17) is 4.42 Å². The molecule has 0 aromatic carbocycles. The Morgan fingerprint density at radius 3 is 2.83 bits per heavy atom. The van der Waals surface area contributed by atoms with Gasteiger partial charge in [-0.3, -0.25) is 0 Å². The van der Waals surface area contributed by atoms with Gasteiger partial charge in [-0.05, 0) is 48.0 Å². The number of hydrogen-bond acceptors (Lipinski definition) is 3. The summed E-state index contributed by atoms with van der Waals surface area (Å²) in [6.07, 6.45) is 4.02. The van der Waals surface area contributed by atoms with Gasteiger partial charge in [0, 0.05) is 32.8 Å². The molecule has 18 heavy (non-hydrogen) atoms. The summed E-state index contributed by atoms with van der Waals surface area (Å²) in [7, 11) is 0. The van der Waals surface area contributed by atoms with Crippen LogP contribution in [0, 0.1) is 6.92 Å². The SMILES string of the molecule is CCCNC(Cc1cc(Br)cs1)c1coc(C)c1. The van der Waals surface area contributed by atoms with Crippen LogP contribution in [0.25, 0.3) is 0 Å². The quantitative estimate of drug-likeness (QED) is 0.832. The van der Waals surface area contributed by atoms with Gasteiger partial charge in [-0.15, -0.1) is 11.3 Å². The van der Waals surface area contributed by atoms with Crippen LogP contribution in [0.5, 0.6) is 0 Å². The largest absolute Gasteiger partial charge is 0.469 e. The van der Waals surface area contributed by atoms with Gasteiger partial charge in [-0.25, -0.2) is 0 Å². The van der Waals surface area contributed by atoms with E-state index in [1.807, 2.05) is 13.2 Å². The van der Waals surface area contributed by atoms with E-state index in [9.17, 15) is 0 Å². The van der Waals surface area contributed by atoms with Crippen molar-refractivity contribution in [1.29, 1.82) is 0 Å². The van der Waals surface area contributed by atoms with Gasteiger partial charge in [-0.2, -0.15) is 0 Å². The van der Waals surface area contributed by atoms with Crippen LogP contribution < -0.4 is 5.32 Å². The van der Waals surface area contributed by atoms with E-state index in [0.29, 0.717) is 6.04 Å². The molecule has 1 unspecified atom stereocenters. The number of nitrogens with one attached hydrogen (secondary N) is 1. The lowest BCUT2D eigenvalue weighted by molar-refractivity contribution is 0.505. The number of aryl methyl sites for hydroxylation is 1. The second-order valence-corrected chi connectivity index (χ2v) is 6.34. The van der Waals surface area contributed by atoms with Crippen molar-refractivity contribution in [2.45, 2.75) is 32.7 Å². The summed E-state index contributed by atoms with van der Waals surface area (Å²) in [5, 5.41) is 5.72. The van der Waals surface area contributed by atoms with Crippen LogP contribution in [0.4, 0.5) is 0 Å². The Kier molecular flexibility index (Phi) is 5.03. The van der Waals surface area contributed by atoms with Crippen LogP contribution in [0.3, 0.4) is 0 Å². The first-order chi connectivity index (χ1) is 8.69. The zero-order chi connectivity index (χ0) is 13.0. The van der Waals surface area contributed by atoms with Gasteiger partial charge < -0.3 is 9.73 Å². The maximum Gasteiger partial charge on any atom is 0.101 e. The first-order valence-electron chi connectivity index (χ1n) is 6.20. The molecule has 2 aromatic rings. The molecule has 0 bridgehead atoms. The minimum Gasteiger partial charge on any atom is -0.469 e. The van der Waals surface area contributed by atoms with Crippen molar-refractivity contribution in [3.05, 3.63) is 44.4 Å². The van der Waals surface area contributed by atoms with Crippen LogP contribution in [0.2, 0.25) is 0 Å². The Morgan fingerprint density at radius 2 is 2.28 bits per heavy atom. The molecule has 2 rings (SSSR count). The second kappa shape index (κ2) is 6.55. The van der Waals surface area contributed by atoms with Gasteiger partial charge in [-0.1, -0.05) is 6.92 Å². The molecule has 0 radical (unpaired) electrons. The lowest BCUT2D eigenvalue weighted by atomic mass is 10.1. The summed E-state index contributed by atoms with van der Waals surface area (Å²) in [6, 6.07) is 4.65. The Bertz CT molecular complexity index is 491. The van der Waals surface area contributed by atoms with Gasteiger partial charge in [0.15, 0.2) is 0 Å². The maximum absolute atomic E-state index is 5.42. The summed E-state index contributed by atoms with van der Waals surface area (Å²) in [5.41, 5.74) is 1.24. The van der Waals surface area contributed by atoms with Crippen molar-refractivity contribution in [3.8, 4) is 0 Å². The van der Waals surface area contributed by atoms with E-state index < -0.39 is 0 Å². The van der Waals surface area contributed by atoms with Crippen molar-refractivity contribution >= 4 is 27.3 Å². The van der Waals surface area contributed by atoms with Crippen molar-refractivity contribution in [1.82, 2.24) is 5.32 Å². The zero-order valence-corrected chi connectivity index (χ0v) is 13.1. The summed E-state index contributed by atoms with van der Waals surface area (Å²) in [5.74, 6) is 0.973. The van der Waals surface area contributed by atoms with Crippen molar-refractivity contribution < 1.29 is 4.42 Å². The molecule has 0 saturated carbocycles. The zero-order valence-electron chi connectivity index (χ0n) is 10.7. The molecule has 4 heteroatoms. The van der Waals surface area contributed by atoms with Crippen LogP contribution in [0.1, 0.15) is 35.6 Å². The monoisotopic (exact) mass is 327 g/mol. The van der Waals surface area contributed by atoms with E-state index in [0.717, 1.165) is 25.1 Å². The third-order valence-electron chi connectivity index (χ3n) is 2.82. The first kappa shape index (κ1) is 13.8. The highest BCUT2D eigenvalue weighted by Gasteiger charge is 2.14. The Balaban J connectivity index is 2.09. The molecular formula is C14H18BrNOS. The standard InChI is InChI=1S/C14H18BrNOS/c1-3-4-16-14(11-5-10(2)17-8-11)7-13-6-12(15)9-18-13/h5-6,8-9,14,16H,3-4,7H2,1-2H3. The van der Waals surface area contributed by atoms with Crippen LogP contribution in [-0.4, -0.2) is 6.54 Å². The number of rotatable bonds is 6. The maximum atomic E-state index is 5.42. The van der Waals surface area contributed by atoms with Crippen molar-refractivity contribution in [2.75, 3.05) is 6.54 Å². The first-order valence-corrected chi connectivity index (χ1v) is 7.87. The molecule has 0 amide bonds. The number of hydrogen-bond donors (Lipinski definition) is 1. The van der Waals surface area contributed by atoms with Gasteiger partial charge in [0.1, 0.15) is 5.76 Å². The minimum atomic E-state index is 0.341. The lowest BCUT2D eigenvalue weighted by Crippen LogP contribution is -2.23. The third kappa shape index (κ3) is 3.70. The highest BCUT2D eigenvalue weighted by Crippen LogP contribution is 2.26. The Labute approximate surface area is 121 Å². The molecular weight excluding hydrogens is 310 g/mol. The molecule has 2 aromatic heterocycles. The van der Waals surface area contributed by atoms with Gasteiger partial charge in [0.05, 0.1) is 6.26 Å². The summed E-state index contributed by atoms with van der Waals surface area (Å²) in [6.45, 7) is 5.20. The topological polar surface area (TPSA) is 25.2 Å². The van der Waals surface area contributed by atoms with Gasteiger partial charge in [0.2, 0.25) is 0 Å². The summed E-state index contributed by atoms with van der Waals surface area (Å²) in [4.78, 5) is 1.38. The molecule has 0 saturated heterocycles. The number of thiophene rings is 1. The second-order valence-electron chi connectivity index (χ2n) is 4.43. The van der Waals surface area contributed by atoms with E-state index in [1.54, 1.807) is 11.3 Å². The average molecular weight is 328 g/mol. The Hall–Kier alpha value is -0.580. The van der Waals surface area contributed by atoms with Crippen molar-refractivity contribution in [2.24, 2.45) is 0 Å². The van der Waals surface area contributed by atoms with E-state index >= 15 is 0 Å². The highest BCUT2D eigenvalue weighted by atomic mass is 79.9. The molecule has 0 aliphatic carbocycles. The van der Waals surface area contributed by atoms with Gasteiger partial charge >= 0.3 is 0 Å². The summed E-state index contributed by atoms with van der Waals surface area (Å²) >= 11 is 5.30. The van der Waals surface area contributed by atoms with Crippen LogP contribution in [0.15, 0.2) is 32.7 Å². The van der Waals surface area contributed by atoms with Gasteiger partial charge in [0.25, 0.3) is 0 Å². The average Bonchev–Trinajstić information content (AvgIpc) is 2.93. The van der Waals surface area contributed by atoms with Crippen LogP contribution in [-0.2, 0) is 6.42 Å².